The minimum absolute atomic E-state index is 0.0231. The van der Waals surface area contributed by atoms with Gasteiger partial charge in [-0.1, -0.05) is 36.4 Å². The highest BCUT2D eigenvalue weighted by molar-refractivity contribution is 6.53. The molecule has 1 atom stereocenters. The summed E-state index contributed by atoms with van der Waals surface area (Å²) in [5.41, 5.74) is 3.21. The number of allylic oxidation sites excluding steroid dienone is 2. The number of ether oxygens (including phenoxy) is 4. The number of hydrogen-bond acceptors (Lipinski definition) is 10. The first-order valence-electron chi connectivity index (χ1n) is 14.5. The first-order chi connectivity index (χ1) is 21.4. The topological polar surface area (TPSA) is 123 Å². The van der Waals surface area contributed by atoms with Crippen LogP contribution < -0.4 is 26.5 Å². The summed E-state index contributed by atoms with van der Waals surface area (Å²) in [6.07, 6.45) is 0. The van der Waals surface area contributed by atoms with Gasteiger partial charge in [0.05, 0.1) is 29.7 Å². The molecule has 0 bridgehead atoms. The van der Waals surface area contributed by atoms with E-state index in [1.807, 2.05) is 67.6 Å². The van der Waals surface area contributed by atoms with Gasteiger partial charge in [-0.3, -0.25) is 4.79 Å². The van der Waals surface area contributed by atoms with Crippen molar-refractivity contribution in [3.63, 3.8) is 0 Å². The van der Waals surface area contributed by atoms with Gasteiger partial charge in [-0.15, -0.1) is 0 Å². The zero-order valence-corrected chi connectivity index (χ0v) is 25.0. The molecule has 1 aliphatic carbocycles. The maximum Gasteiger partial charge on any atom is 0.261 e. The van der Waals surface area contributed by atoms with E-state index in [0.29, 0.717) is 36.2 Å². The van der Waals surface area contributed by atoms with E-state index in [4.69, 9.17) is 23.9 Å². The van der Waals surface area contributed by atoms with Crippen molar-refractivity contribution in [2.75, 3.05) is 63.7 Å². The van der Waals surface area contributed by atoms with E-state index in [1.54, 1.807) is 21.3 Å². The van der Waals surface area contributed by atoms with E-state index in [2.05, 4.69) is 16.0 Å². The lowest BCUT2D eigenvalue weighted by atomic mass is 9.79. The van der Waals surface area contributed by atoms with Gasteiger partial charge < -0.3 is 40.0 Å². The highest BCUT2D eigenvalue weighted by Gasteiger charge is 2.40. The predicted molar refractivity (Wildman–Crippen MR) is 170 cm³/mol. The van der Waals surface area contributed by atoms with Crippen LogP contribution in [0.15, 0.2) is 71.4 Å². The van der Waals surface area contributed by atoms with Gasteiger partial charge in [0.2, 0.25) is 5.78 Å². The number of aliphatic hydroxyl groups is 1. The summed E-state index contributed by atoms with van der Waals surface area (Å²) in [7, 11) is 4.90. The number of carbonyl (C=O) groups excluding carboxylic acids is 1. The number of anilines is 3. The van der Waals surface area contributed by atoms with Crippen molar-refractivity contribution in [3.05, 3.63) is 82.6 Å². The number of nitrogens with zero attached hydrogens (tertiary/aromatic N) is 1. The number of benzene rings is 4. The Morgan fingerprint density at radius 1 is 0.750 bits per heavy atom. The lowest BCUT2D eigenvalue weighted by Crippen LogP contribution is -2.55. The highest BCUT2D eigenvalue weighted by atomic mass is 16.6. The van der Waals surface area contributed by atoms with Crippen LogP contribution in [0, 0.1) is 0 Å². The van der Waals surface area contributed by atoms with Crippen LogP contribution >= 0.6 is 0 Å². The summed E-state index contributed by atoms with van der Waals surface area (Å²) in [5.74, 6) is -1.28. The summed E-state index contributed by atoms with van der Waals surface area (Å²) >= 11 is 0. The summed E-state index contributed by atoms with van der Waals surface area (Å²) in [4.78, 5) is 18.8. The molecule has 0 saturated heterocycles. The van der Waals surface area contributed by atoms with Crippen LogP contribution in [0.1, 0.15) is 12.5 Å². The molecule has 10 heteroatoms. The Morgan fingerprint density at radius 2 is 1.41 bits per heavy atom. The second-order valence-corrected chi connectivity index (χ2v) is 11.3. The molecule has 4 aromatic rings. The third-order valence-corrected chi connectivity index (χ3v) is 8.41. The Balaban J connectivity index is 1.37. The smallest absolute Gasteiger partial charge is 0.261 e. The molecule has 0 radical (unpaired) electrons. The van der Waals surface area contributed by atoms with Gasteiger partial charge in [0.15, 0.2) is 5.66 Å². The largest absolute Gasteiger partial charge is 0.506 e. The van der Waals surface area contributed by atoms with Crippen LogP contribution in [0.25, 0.3) is 32.7 Å². The third-order valence-electron chi connectivity index (χ3n) is 8.41. The SMILES string of the molecule is CCOC1(COC)N=c2cc/c(=C3\C(=O)C(c4ccc5c6c(cccc46)NC(COC)(COC)N5)=C3O)c3cccc(c23)N1. The van der Waals surface area contributed by atoms with Crippen LogP contribution in [0.4, 0.5) is 17.1 Å². The quantitative estimate of drug-likeness (QED) is 0.229. The van der Waals surface area contributed by atoms with Crippen LogP contribution in [0.2, 0.25) is 0 Å². The normalized spacial score (nSPS) is 21.0. The predicted octanol–water partition coefficient (Wildman–Crippen LogP) is 3.90. The third kappa shape index (κ3) is 4.17. The number of methoxy groups -OCH3 is 3. The fourth-order valence-corrected chi connectivity index (χ4v) is 6.81. The van der Waals surface area contributed by atoms with E-state index in [9.17, 15) is 9.90 Å². The Kier molecular flexibility index (Phi) is 6.82. The molecular formula is C34H34N4O6. The molecule has 3 aliphatic rings. The summed E-state index contributed by atoms with van der Waals surface area (Å²) in [6, 6.07) is 19.2. The fraction of sp³-hybridized carbons (Fsp3) is 0.294. The molecule has 0 fully saturated rings. The molecule has 0 spiro atoms. The monoisotopic (exact) mass is 594 g/mol. The Morgan fingerprint density at radius 3 is 2.07 bits per heavy atom. The number of Topliss-reactive ketones (excluding diaryl/α,β-unsaturated/α-hetero) is 1. The number of rotatable bonds is 9. The molecule has 1 unspecified atom stereocenters. The van der Waals surface area contributed by atoms with E-state index in [0.717, 1.165) is 44.0 Å². The second-order valence-electron chi connectivity index (χ2n) is 11.3. The van der Waals surface area contributed by atoms with Gasteiger partial charge in [-0.25, -0.2) is 4.99 Å². The summed E-state index contributed by atoms with van der Waals surface area (Å²) in [5, 5.41) is 26.8. The van der Waals surface area contributed by atoms with Crippen molar-refractivity contribution < 1.29 is 28.8 Å². The fourth-order valence-electron chi connectivity index (χ4n) is 6.81. The standard InChI is InChI=1S/C34H34N4O6/c1-5-44-34(18-43-4)37-24-11-7-9-20-22(13-15-26(38-34)28(20)24)30-31(39)29(32(30)40)21-12-14-25-27-19(21)8-6-10-23(27)35-33(36-25,16-41-2)17-42-3/h6-15,35-37,39H,5,16-18H2,1-4H3/b30-22+. The molecule has 0 aromatic heterocycles. The molecular weight excluding hydrogens is 560 g/mol. The molecule has 4 aromatic carbocycles. The van der Waals surface area contributed by atoms with Gasteiger partial charge in [0.25, 0.3) is 5.85 Å². The van der Waals surface area contributed by atoms with Crippen molar-refractivity contribution in [2.45, 2.75) is 18.4 Å². The van der Waals surface area contributed by atoms with E-state index in [1.165, 1.54) is 0 Å². The first kappa shape index (κ1) is 28.3. The molecule has 7 rings (SSSR count). The Hall–Kier alpha value is -4.48. The number of aliphatic hydroxyl groups excluding tert-OH is 1. The number of ketones is 1. The maximum atomic E-state index is 13.9. The molecule has 226 valence electrons. The van der Waals surface area contributed by atoms with Crippen molar-refractivity contribution in [2.24, 2.45) is 4.99 Å². The van der Waals surface area contributed by atoms with Gasteiger partial charge in [0.1, 0.15) is 12.4 Å². The molecule has 2 heterocycles. The van der Waals surface area contributed by atoms with E-state index < -0.39 is 11.5 Å². The lowest BCUT2D eigenvalue weighted by Gasteiger charge is -2.40. The number of hydrogen-bond donors (Lipinski definition) is 4. The van der Waals surface area contributed by atoms with Gasteiger partial charge in [0, 0.05) is 55.8 Å². The van der Waals surface area contributed by atoms with Crippen LogP contribution in [-0.2, 0) is 23.7 Å². The van der Waals surface area contributed by atoms with Crippen molar-refractivity contribution in [1.29, 1.82) is 0 Å². The Bertz CT molecular complexity index is 1980. The minimum atomic E-state index is -1.05. The van der Waals surface area contributed by atoms with Gasteiger partial charge in [-0.05, 0) is 52.7 Å². The average molecular weight is 595 g/mol. The second kappa shape index (κ2) is 10.6. The molecule has 0 saturated carbocycles. The number of carbonyl (C=O) groups is 1. The average Bonchev–Trinajstić information content (AvgIpc) is 3.00. The molecule has 10 nitrogen and oxygen atoms in total. The summed E-state index contributed by atoms with van der Waals surface area (Å²) < 4.78 is 22.4. The van der Waals surface area contributed by atoms with E-state index in [-0.39, 0.29) is 23.7 Å². The summed E-state index contributed by atoms with van der Waals surface area (Å²) in [6.45, 7) is 3.32. The maximum absolute atomic E-state index is 13.9. The minimum Gasteiger partial charge on any atom is -0.506 e. The van der Waals surface area contributed by atoms with Crippen LogP contribution in [0.5, 0.6) is 0 Å². The van der Waals surface area contributed by atoms with Crippen molar-refractivity contribution in [1.82, 2.24) is 0 Å². The van der Waals surface area contributed by atoms with Crippen molar-refractivity contribution in [3.8, 4) is 0 Å². The van der Waals surface area contributed by atoms with E-state index >= 15 is 0 Å². The van der Waals surface area contributed by atoms with Crippen molar-refractivity contribution >= 4 is 55.5 Å². The zero-order chi connectivity index (χ0) is 30.6. The zero-order valence-electron chi connectivity index (χ0n) is 25.0. The first-order valence-corrected chi connectivity index (χ1v) is 14.5. The molecule has 4 N–H and O–H groups in total. The van der Waals surface area contributed by atoms with Crippen LogP contribution in [-0.4, -0.2) is 70.2 Å². The lowest BCUT2D eigenvalue weighted by molar-refractivity contribution is -0.109. The molecule has 2 aliphatic heterocycles. The van der Waals surface area contributed by atoms with Gasteiger partial charge >= 0.3 is 0 Å². The Labute approximate surface area is 254 Å². The highest BCUT2D eigenvalue weighted by Crippen LogP contribution is 2.45. The molecule has 0 amide bonds. The molecule has 44 heavy (non-hydrogen) atoms. The number of nitrogens with one attached hydrogen (secondary N) is 3. The van der Waals surface area contributed by atoms with Crippen LogP contribution in [0.3, 0.4) is 0 Å². The van der Waals surface area contributed by atoms with Gasteiger partial charge in [-0.2, -0.15) is 0 Å².